The molecule has 0 aromatic carbocycles. The Morgan fingerprint density at radius 2 is 2.28 bits per heavy atom. The van der Waals surface area contributed by atoms with E-state index in [1.807, 2.05) is 43.0 Å². The topological polar surface area (TPSA) is 52.4 Å². The van der Waals surface area contributed by atoms with Crippen LogP contribution in [0.1, 0.15) is 29.8 Å². The van der Waals surface area contributed by atoms with E-state index in [0.29, 0.717) is 12.6 Å². The first-order chi connectivity index (χ1) is 12.2. The molecule has 2 aromatic rings. The summed E-state index contributed by atoms with van der Waals surface area (Å²) in [6.07, 6.45) is 6.59. The predicted molar refractivity (Wildman–Crippen MR) is 93.9 cm³/mol. The summed E-state index contributed by atoms with van der Waals surface area (Å²) in [4.78, 5) is 7.03. The number of nitrogens with zero attached hydrogens (tertiary/aromatic N) is 4. The van der Waals surface area contributed by atoms with Crippen molar-refractivity contribution < 1.29 is 9.47 Å². The molecule has 0 aliphatic carbocycles. The molecule has 0 spiro atoms. The number of pyridine rings is 1. The number of rotatable bonds is 5. The highest BCUT2D eigenvalue weighted by Crippen LogP contribution is 2.32. The molecule has 2 saturated heterocycles. The van der Waals surface area contributed by atoms with Gasteiger partial charge in [0.1, 0.15) is 6.10 Å². The zero-order chi connectivity index (χ0) is 17.2. The van der Waals surface area contributed by atoms with Crippen molar-refractivity contribution in [3.63, 3.8) is 0 Å². The van der Waals surface area contributed by atoms with Crippen molar-refractivity contribution >= 4 is 0 Å². The number of hydrogen-bond donors (Lipinski definition) is 0. The molecular formula is C19H26N4O2. The van der Waals surface area contributed by atoms with Gasteiger partial charge in [-0.05, 0) is 31.9 Å². The van der Waals surface area contributed by atoms with Crippen LogP contribution < -0.4 is 0 Å². The lowest BCUT2D eigenvalue weighted by Crippen LogP contribution is -2.41. The Labute approximate surface area is 148 Å². The SMILES string of the molecule is Cc1cccc(CO[C@H]2CN(Cc3cnn(C)c3)[C@@H]3CCCO[C@H]23)n1. The van der Waals surface area contributed by atoms with Gasteiger partial charge < -0.3 is 9.47 Å². The fourth-order valence-corrected chi connectivity index (χ4v) is 3.99. The smallest absolute Gasteiger partial charge is 0.100 e. The van der Waals surface area contributed by atoms with Crippen molar-refractivity contribution in [2.24, 2.45) is 7.05 Å². The van der Waals surface area contributed by atoms with Gasteiger partial charge in [0.05, 0.1) is 24.6 Å². The second kappa shape index (κ2) is 7.23. The van der Waals surface area contributed by atoms with Crippen molar-refractivity contribution in [3.8, 4) is 0 Å². The van der Waals surface area contributed by atoms with Crippen LogP contribution in [0.25, 0.3) is 0 Å². The summed E-state index contributed by atoms with van der Waals surface area (Å²) in [5, 5.41) is 4.29. The Kier molecular flexibility index (Phi) is 4.83. The Morgan fingerprint density at radius 3 is 3.08 bits per heavy atom. The molecule has 25 heavy (non-hydrogen) atoms. The van der Waals surface area contributed by atoms with E-state index in [1.54, 1.807) is 0 Å². The molecule has 2 aromatic heterocycles. The highest BCUT2D eigenvalue weighted by atomic mass is 16.5. The van der Waals surface area contributed by atoms with E-state index in [4.69, 9.17) is 9.47 Å². The van der Waals surface area contributed by atoms with Crippen LogP contribution in [0.2, 0.25) is 0 Å². The number of fused-ring (bicyclic) bond motifs is 1. The number of ether oxygens (including phenoxy) is 2. The third kappa shape index (κ3) is 3.76. The van der Waals surface area contributed by atoms with Gasteiger partial charge in [-0.3, -0.25) is 14.6 Å². The molecule has 0 unspecified atom stereocenters. The van der Waals surface area contributed by atoms with Crippen molar-refractivity contribution in [2.75, 3.05) is 13.2 Å². The lowest BCUT2D eigenvalue weighted by atomic mass is 10.0. The van der Waals surface area contributed by atoms with Gasteiger partial charge in [-0.15, -0.1) is 0 Å². The van der Waals surface area contributed by atoms with Crippen LogP contribution >= 0.6 is 0 Å². The molecule has 0 radical (unpaired) electrons. The summed E-state index contributed by atoms with van der Waals surface area (Å²) >= 11 is 0. The molecule has 6 nitrogen and oxygen atoms in total. The molecule has 3 atom stereocenters. The highest BCUT2D eigenvalue weighted by Gasteiger charge is 2.44. The molecule has 134 valence electrons. The van der Waals surface area contributed by atoms with Gasteiger partial charge in [-0.1, -0.05) is 6.07 Å². The fourth-order valence-electron chi connectivity index (χ4n) is 3.99. The van der Waals surface area contributed by atoms with Crippen molar-refractivity contribution in [1.82, 2.24) is 19.7 Å². The van der Waals surface area contributed by atoms with Gasteiger partial charge in [0.2, 0.25) is 0 Å². The van der Waals surface area contributed by atoms with Gasteiger partial charge in [-0.25, -0.2) is 0 Å². The molecule has 0 N–H and O–H groups in total. The van der Waals surface area contributed by atoms with E-state index < -0.39 is 0 Å². The van der Waals surface area contributed by atoms with Gasteiger partial charge in [0, 0.05) is 50.2 Å². The molecule has 2 aliphatic heterocycles. The lowest BCUT2D eigenvalue weighted by Gasteiger charge is -2.32. The zero-order valence-corrected chi connectivity index (χ0v) is 15.0. The number of aromatic nitrogens is 3. The molecule has 2 aliphatic rings. The standard InChI is InChI=1S/C19H26N4O2/c1-14-5-3-6-16(21-14)13-25-18-12-23(11-15-9-20-22(2)10-15)17-7-4-8-24-19(17)18/h3,5-6,9-10,17-19H,4,7-8,11-13H2,1-2H3/t17-,18+,19+/m1/s1. The molecule has 2 fully saturated rings. The molecule has 6 heteroatoms. The Hall–Kier alpha value is -1.76. The van der Waals surface area contributed by atoms with Crippen LogP contribution in [0, 0.1) is 6.92 Å². The minimum Gasteiger partial charge on any atom is -0.374 e. The van der Waals surface area contributed by atoms with Crippen LogP contribution in [0.5, 0.6) is 0 Å². The molecular weight excluding hydrogens is 316 g/mol. The lowest BCUT2D eigenvalue weighted by molar-refractivity contribution is -0.0824. The summed E-state index contributed by atoms with van der Waals surface area (Å²) in [6, 6.07) is 6.50. The van der Waals surface area contributed by atoms with Crippen molar-refractivity contribution in [3.05, 3.63) is 47.5 Å². The number of aryl methyl sites for hydroxylation is 2. The van der Waals surface area contributed by atoms with Gasteiger partial charge in [-0.2, -0.15) is 5.10 Å². The summed E-state index contributed by atoms with van der Waals surface area (Å²) in [6.45, 7) is 5.19. The second-order valence-corrected chi connectivity index (χ2v) is 7.12. The Balaban J connectivity index is 1.43. The van der Waals surface area contributed by atoms with Gasteiger partial charge >= 0.3 is 0 Å². The van der Waals surface area contributed by atoms with Crippen LogP contribution in [0.15, 0.2) is 30.6 Å². The van der Waals surface area contributed by atoms with E-state index in [-0.39, 0.29) is 12.2 Å². The summed E-state index contributed by atoms with van der Waals surface area (Å²) < 4.78 is 14.2. The Bertz CT molecular complexity index is 717. The van der Waals surface area contributed by atoms with Crippen LogP contribution in [-0.2, 0) is 29.7 Å². The van der Waals surface area contributed by atoms with E-state index in [9.17, 15) is 0 Å². The third-order valence-corrected chi connectivity index (χ3v) is 5.12. The number of hydrogen-bond acceptors (Lipinski definition) is 5. The molecule has 4 rings (SSSR count). The van der Waals surface area contributed by atoms with Gasteiger partial charge in [0.25, 0.3) is 0 Å². The highest BCUT2D eigenvalue weighted by molar-refractivity contribution is 5.10. The summed E-state index contributed by atoms with van der Waals surface area (Å²) in [7, 11) is 1.96. The summed E-state index contributed by atoms with van der Waals surface area (Å²) in [5.74, 6) is 0. The molecule has 0 saturated carbocycles. The van der Waals surface area contributed by atoms with E-state index >= 15 is 0 Å². The van der Waals surface area contributed by atoms with E-state index in [1.165, 1.54) is 12.0 Å². The zero-order valence-electron chi connectivity index (χ0n) is 15.0. The average Bonchev–Trinajstić information content (AvgIpc) is 3.18. The molecule has 0 bridgehead atoms. The first-order valence-corrected chi connectivity index (χ1v) is 9.06. The first-order valence-electron chi connectivity index (χ1n) is 9.06. The number of likely N-dealkylation sites (tertiary alicyclic amines) is 1. The van der Waals surface area contributed by atoms with Crippen molar-refractivity contribution in [1.29, 1.82) is 0 Å². The minimum absolute atomic E-state index is 0.101. The first kappa shape index (κ1) is 16.7. The fraction of sp³-hybridized carbons (Fsp3) is 0.579. The van der Waals surface area contributed by atoms with Crippen LogP contribution in [0.3, 0.4) is 0 Å². The largest absolute Gasteiger partial charge is 0.374 e. The average molecular weight is 342 g/mol. The maximum absolute atomic E-state index is 6.24. The van der Waals surface area contributed by atoms with E-state index in [0.717, 1.165) is 37.5 Å². The Morgan fingerprint density at radius 1 is 1.36 bits per heavy atom. The minimum atomic E-state index is 0.101. The quantitative estimate of drug-likeness (QED) is 0.833. The summed E-state index contributed by atoms with van der Waals surface area (Å²) in [5.41, 5.74) is 3.25. The van der Waals surface area contributed by atoms with Gasteiger partial charge in [0.15, 0.2) is 0 Å². The second-order valence-electron chi connectivity index (χ2n) is 7.12. The predicted octanol–water partition coefficient (Wildman–Crippen LogP) is 2.07. The van der Waals surface area contributed by atoms with Crippen LogP contribution in [-0.4, -0.2) is 51.1 Å². The molecule has 0 amide bonds. The van der Waals surface area contributed by atoms with Crippen molar-refractivity contribution in [2.45, 2.75) is 51.2 Å². The molecule has 4 heterocycles. The van der Waals surface area contributed by atoms with Crippen LogP contribution in [0.4, 0.5) is 0 Å². The monoisotopic (exact) mass is 342 g/mol. The third-order valence-electron chi connectivity index (χ3n) is 5.12. The maximum atomic E-state index is 6.24. The maximum Gasteiger partial charge on any atom is 0.100 e. The normalized spacial score (nSPS) is 26.7. The van der Waals surface area contributed by atoms with E-state index in [2.05, 4.69) is 21.2 Å².